The number of rotatable bonds is 3. The van der Waals surface area contributed by atoms with E-state index in [-0.39, 0.29) is 23.8 Å². The van der Waals surface area contributed by atoms with Crippen molar-refractivity contribution < 1.29 is 14.4 Å². The summed E-state index contributed by atoms with van der Waals surface area (Å²) in [7, 11) is 0. The Kier molecular flexibility index (Phi) is 4.87. The van der Waals surface area contributed by atoms with E-state index in [1.807, 2.05) is 11.8 Å². The highest BCUT2D eigenvalue weighted by Crippen LogP contribution is 2.31. The number of amides is 4. The highest BCUT2D eigenvalue weighted by molar-refractivity contribution is 6.07. The summed E-state index contributed by atoms with van der Waals surface area (Å²) in [5.74, 6) is -0.0642. The van der Waals surface area contributed by atoms with Crippen LogP contribution in [0.3, 0.4) is 0 Å². The zero-order chi connectivity index (χ0) is 19.9. The Labute approximate surface area is 165 Å². The SMILES string of the molecule is C[C@@H](C(=O)N1CCC([C@@]2(C)NC(=O)NC2=O)CC1)N1CCc2ccccc2C1. The Morgan fingerprint density at radius 3 is 2.46 bits per heavy atom. The lowest BCUT2D eigenvalue weighted by Crippen LogP contribution is -2.56. The highest BCUT2D eigenvalue weighted by Gasteiger charge is 2.49. The first-order valence-electron chi connectivity index (χ1n) is 10.1. The van der Waals surface area contributed by atoms with Crippen molar-refractivity contribution in [1.29, 1.82) is 0 Å². The Morgan fingerprint density at radius 2 is 1.82 bits per heavy atom. The van der Waals surface area contributed by atoms with Gasteiger partial charge in [-0.05, 0) is 50.2 Å². The molecule has 7 nitrogen and oxygen atoms in total. The van der Waals surface area contributed by atoms with Gasteiger partial charge in [0.15, 0.2) is 0 Å². The molecule has 3 aliphatic rings. The smallest absolute Gasteiger partial charge is 0.322 e. The zero-order valence-electron chi connectivity index (χ0n) is 16.5. The monoisotopic (exact) mass is 384 g/mol. The predicted molar refractivity (Wildman–Crippen MR) is 104 cm³/mol. The highest BCUT2D eigenvalue weighted by atomic mass is 16.2. The number of nitrogens with zero attached hydrogens (tertiary/aromatic N) is 2. The van der Waals surface area contributed by atoms with Crippen LogP contribution >= 0.6 is 0 Å². The molecule has 4 amide bonds. The number of piperidine rings is 1. The molecule has 0 aromatic heterocycles. The molecule has 0 aliphatic carbocycles. The fraction of sp³-hybridized carbons (Fsp3) is 0.571. The van der Waals surface area contributed by atoms with Gasteiger partial charge >= 0.3 is 6.03 Å². The van der Waals surface area contributed by atoms with E-state index in [1.54, 1.807) is 6.92 Å². The van der Waals surface area contributed by atoms with Gasteiger partial charge in [0.05, 0.1) is 6.04 Å². The minimum absolute atomic E-state index is 0.0418. The van der Waals surface area contributed by atoms with Gasteiger partial charge < -0.3 is 10.2 Å². The molecule has 1 aromatic carbocycles. The van der Waals surface area contributed by atoms with Gasteiger partial charge in [-0.25, -0.2) is 4.79 Å². The van der Waals surface area contributed by atoms with Crippen molar-refractivity contribution in [2.24, 2.45) is 5.92 Å². The predicted octanol–water partition coefficient (Wildman–Crippen LogP) is 1.27. The molecule has 0 radical (unpaired) electrons. The summed E-state index contributed by atoms with van der Waals surface area (Å²) >= 11 is 0. The molecule has 7 heteroatoms. The maximum absolute atomic E-state index is 13.1. The Balaban J connectivity index is 1.35. The number of nitrogens with one attached hydrogen (secondary N) is 2. The van der Waals surface area contributed by atoms with Crippen molar-refractivity contribution in [3.63, 3.8) is 0 Å². The molecule has 3 aliphatic heterocycles. The Bertz CT molecular complexity index is 803. The molecule has 2 N–H and O–H groups in total. The Hall–Kier alpha value is -2.41. The first-order chi connectivity index (χ1) is 13.4. The first kappa shape index (κ1) is 18.9. The van der Waals surface area contributed by atoms with Crippen LogP contribution in [0, 0.1) is 5.92 Å². The first-order valence-corrected chi connectivity index (χ1v) is 10.1. The van der Waals surface area contributed by atoms with Crippen molar-refractivity contribution >= 4 is 17.8 Å². The third-order valence-electron chi connectivity index (χ3n) is 6.76. The summed E-state index contributed by atoms with van der Waals surface area (Å²) in [4.78, 5) is 40.9. The summed E-state index contributed by atoms with van der Waals surface area (Å²) in [5.41, 5.74) is 1.82. The summed E-state index contributed by atoms with van der Waals surface area (Å²) in [5, 5.41) is 5.10. The number of carbonyl (C=O) groups excluding carboxylic acids is 3. The molecule has 1 aromatic rings. The summed E-state index contributed by atoms with van der Waals surface area (Å²) < 4.78 is 0. The van der Waals surface area contributed by atoms with Gasteiger partial charge in [0.1, 0.15) is 5.54 Å². The van der Waals surface area contributed by atoms with E-state index < -0.39 is 11.6 Å². The lowest BCUT2D eigenvalue weighted by Gasteiger charge is -2.41. The second kappa shape index (κ2) is 7.20. The van der Waals surface area contributed by atoms with Gasteiger partial charge in [-0.1, -0.05) is 24.3 Å². The average molecular weight is 384 g/mol. The standard InChI is InChI=1S/C21H28N4O3/c1-14(25-10-7-15-5-3-4-6-16(15)13-25)18(26)24-11-8-17(9-12-24)21(2)19(27)22-20(28)23-21/h3-6,14,17H,7-13H2,1-2H3,(H2,22,23,27,28)/t14-,21+/m0/s1. The summed E-state index contributed by atoms with van der Waals surface area (Å²) in [6, 6.07) is 7.85. The average Bonchev–Trinajstić information content (AvgIpc) is 2.99. The van der Waals surface area contributed by atoms with Crippen molar-refractivity contribution in [2.45, 2.75) is 51.2 Å². The van der Waals surface area contributed by atoms with Gasteiger partial charge in [-0.2, -0.15) is 0 Å². The van der Waals surface area contributed by atoms with E-state index in [4.69, 9.17) is 0 Å². The minimum Gasteiger partial charge on any atom is -0.341 e. The maximum atomic E-state index is 13.1. The van der Waals surface area contributed by atoms with Crippen LogP contribution in [0.25, 0.3) is 0 Å². The van der Waals surface area contributed by atoms with Gasteiger partial charge in [0.25, 0.3) is 5.91 Å². The van der Waals surface area contributed by atoms with Gasteiger partial charge in [-0.3, -0.25) is 19.8 Å². The van der Waals surface area contributed by atoms with E-state index in [2.05, 4.69) is 39.8 Å². The van der Waals surface area contributed by atoms with Gasteiger partial charge in [0, 0.05) is 26.2 Å². The van der Waals surface area contributed by atoms with E-state index >= 15 is 0 Å². The molecule has 0 saturated carbocycles. The molecule has 150 valence electrons. The molecule has 4 rings (SSSR count). The van der Waals surface area contributed by atoms with E-state index in [0.29, 0.717) is 25.9 Å². The molecule has 0 unspecified atom stereocenters. The topological polar surface area (TPSA) is 81.8 Å². The molecular weight excluding hydrogens is 356 g/mol. The van der Waals surface area contributed by atoms with E-state index in [9.17, 15) is 14.4 Å². The lowest BCUT2D eigenvalue weighted by molar-refractivity contribution is -0.139. The molecule has 28 heavy (non-hydrogen) atoms. The Morgan fingerprint density at radius 1 is 1.14 bits per heavy atom. The number of carbonyl (C=O) groups is 3. The number of hydrogen-bond acceptors (Lipinski definition) is 4. The van der Waals surface area contributed by atoms with E-state index in [0.717, 1.165) is 19.5 Å². The van der Waals surface area contributed by atoms with Crippen LogP contribution in [0.5, 0.6) is 0 Å². The third kappa shape index (κ3) is 3.28. The number of benzene rings is 1. The van der Waals surface area contributed by atoms with Crippen molar-refractivity contribution in [1.82, 2.24) is 20.4 Å². The van der Waals surface area contributed by atoms with Crippen LogP contribution in [-0.2, 0) is 22.6 Å². The molecule has 0 spiro atoms. The normalized spacial score (nSPS) is 27.1. The second-order valence-corrected chi connectivity index (χ2v) is 8.38. The van der Waals surface area contributed by atoms with Crippen LogP contribution in [0.2, 0.25) is 0 Å². The van der Waals surface area contributed by atoms with Crippen molar-refractivity contribution in [3.05, 3.63) is 35.4 Å². The second-order valence-electron chi connectivity index (χ2n) is 8.38. The van der Waals surface area contributed by atoms with Crippen LogP contribution in [-0.4, -0.2) is 58.9 Å². The van der Waals surface area contributed by atoms with Gasteiger partial charge in [-0.15, -0.1) is 0 Å². The lowest BCUT2D eigenvalue weighted by atomic mass is 9.79. The quantitative estimate of drug-likeness (QED) is 0.769. The van der Waals surface area contributed by atoms with Crippen LogP contribution < -0.4 is 10.6 Å². The molecule has 3 heterocycles. The van der Waals surface area contributed by atoms with Crippen LogP contribution in [0.4, 0.5) is 4.79 Å². The van der Waals surface area contributed by atoms with Crippen molar-refractivity contribution in [3.8, 4) is 0 Å². The number of imide groups is 1. The van der Waals surface area contributed by atoms with Gasteiger partial charge in [0.2, 0.25) is 5.91 Å². The number of likely N-dealkylation sites (tertiary alicyclic amines) is 1. The van der Waals surface area contributed by atoms with E-state index in [1.165, 1.54) is 11.1 Å². The molecule has 0 bridgehead atoms. The number of urea groups is 1. The number of hydrogen-bond donors (Lipinski definition) is 2. The summed E-state index contributed by atoms with van der Waals surface area (Å²) in [6.45, 7) is 6.72. The maximum Gasteiger partial charge on any atom is 0.322 e. The minimum atomic E-state index is -0.867. The number of fused-ring (bicyclic) bond motifs is 1. The van der Waals surface area contributed by atoms with Crippen molar-refractivity contribution in [2.75, 3.05) is 19.6 Å². The molecule has 2 saturated heterocycles. The zero-order valence-corrected chi connectivity index (χ0v) is 16.5. The fourth-order valence-corrected chi connectivity index (χ4v) is 4.79. The molecule has 2 atom stereocenters. The van der Waals surface area contributed by atoms with Crippen LogP contribution in [0.1, 0.15) is 37.8 Å². The third-order valence-corrected chi connectivity index (χ3v) is 6.76. The molecule has 2 fully saturated rings. The van der Waals surface area contributed by atoms with Crippen LogP contribution in [0.15, 0.2) is 24.3 Å². The fourth-order valence-electron chi connectivity index (χ4n) is 4.79. The molecular formula is C21H28N4O3. The largest absolute Gasteiger partial charge is 0.341 e. The summed E-state index contributed by atoms with van der Waals surface area (Å²) in [6.07, 6.45) is 2.40.